The SMILES string of the molecule is CCC(CC)(CNC(=O)c1sccc1Br)C(=O)O. The van der Waals surface area contributed by atoms with Crippen molar-refractivity contribution in [1.82, 2.24) is 5.32 Å². The molecular weight excluding hydrogens is 318 g/mol. The lowest BCUT2D eigenvalue weighted by Gasteiger charge is -2.26. The standard InChI is InChI=1S/C12H16BrNO3S/c1-3-12(4-2,11(16)17)7-14-10(15)9-8(13)5-6-18-9/h5-6H,3-4,7H2,1-2H3,(H,14,15)(H,16,17). The van der Waals surface area contributed by atoms with E-state index in [0.717, 1.165) is 4.47 Å². The Bertz CT molecular complexity index is 440. The number of thiophene rings is 1. The molecule has 6 heteroatoms. The maximum absolute atomic E-state index is 11.9. The largest absolute Gasteiger partial charge is 0.481 e. The predicted octanol–water partition coefficient (Wildman–Crippen LogP) is 3.13. The van der Waals surface area contributed by atoms with Crippen molar-refractivity contribution in [2.75, 3.05) is 6.54 Å². The minimum Gasteiger partial charge on any atom is -0.481 e. The number of carboxylic acid groups (broad SMARTS) is 1. The third kappa shape index (κ3) is 3.11. The molecule has 0 aliphatic carbocycles. The van der Waals surface area contributed by atoms with Crippen LogP contribution in [0.15, 0.2) is 15.9 Å². The van der Waals surface area contributed by atoms with Gasteiger partial charge in [-0.2, -0.15) is 0 Å². The van der Waals surface area contributed by atoms with Crippen LogP contribution in [0.4, 0.5) is 0 Å². The fourth-order valence-corrected chi connectivity index (χ4v) is 3.13. The van der Waals surface area contributed by atoms with E-state index in [2.05, 4.69) is 21.2 Å². The maximum atomic E-state index is 11.9. The Kier molecular flexibility index (Phi) is 5.34. The van der Waals surface area contributed by atoms with Gasteiger partial charge in [-0.3, -0.25) is 9.59 Å². The molecule has 0 aliphatic heterocycles. The molecule has 0 atom stereocenters. The molecule has 0 aromatic carbocycles. The van der Waals surface area contributed by atoms with Gasteiger partial charge in [0.25, 0.3) is 5.91 Å². The Labute approximate surface area is 119 Å². The summed E-state index contributed by atoms with van der Waals surface area (Å²) in [6.45, 7) is 3.80. The zero-order valence-corrected chi connectivity index (χ0v) is 12.7. The Balaban J connectivity index is 2.72. The van der Waals surface area contributed by atoms with Gasteiger partial charge in [-0.15, -0.1) is 11.3 Å². The Hall–Kier alpha value is -0.880. The van der Waals surface area contributed by atoms with Crippen molar-refractivity contribution in [2.45, 2.75) is 26.7 Å². The number of aliphatic carboxylic acids is 1. The monoisotopic (exact) mass is 333 g/mol. The summed E-state index contributed by atoms with van der Waals surface area (Å²) in [4.78, 5) is 23.8. The van der Waals surface area contributed by atoms with Gasteiger partial charge in [0.2, 0.25) is 0 Å². The van der Waals surface area contributed by atoms with Gasteiger partial charge >= 0.3 is 5.97 Å². The van der Waals surface area contributed by atoms with Gasteiger partial charge in [-0.25, -0.2) is 0 Å². The molecule has 1 aromatic heterocycles. The summed E-state index contributed by atoms with van der Waals surface area (Å²) >= 11 is 4.61. The van der Waals surface area contributed by atoms with Gasteiger partial charge in [0.15, 0.2) is 0 Å². The Morgan fingerprint density at radius 2 is 2.06 bits per heavy atom. The highest BCUT2D eigenvalue weighted by Gasteiger charge is 2.35. The first kappa shape index (κ1) is 15.2. The van der Waals surface area contributed by atoms with E-state index >= 15 is 0 Å². The highest BCUT2D eigenvalue weighted by Crippen LogP contribution is 2.27. The molecule has 0 fully saturated rings. The molecule has 1 heterocycles. The van der Waals surface area contributed by atoms with Crippen LogP contribution in [0.3, 0.4) is 0 Å². The lowest BCUT2D eigenvalue weighted by molar-refractivity contribution is -0.149. The lowest BCUT2D eigenvalue weighted by atomic mass is 9.82. The van der Waals surface area contributed by atoms with Crippen molar-refractivity contribution in [3.8, 4) is 0 Å². The van der Waals surface area contributed by atoms with Crippen LogP contribution in [-0.2, 0) is 4.79 Å². The number of amides is 1. The second-order valence-corrected chi connectivity index (χ2v) is 5.84. The number of carboxylic acids is 1. The molecule has 1 aromatic rings. The zero-order valence-electron chi connectivity index (χ0n) is 10.3. The molecule has 0 unspecified atom stereocenters. The number of hydrogen-bond acceptors (Lipinski definition) is 3. The smallest absolute Gasteiger partial charge is 0.311 e. The molecule has 1 rings (SSSR count). The molecular formula is C12H16BrNO3S. The normalized spacial score (nSPS) is 11.3. The molecule has 0 radical (unpaired) electrons. The summed E-state index contributed by atoms with van der Waals surface area (Å²) in [5, 5.41) is 13.8. The fraction of sp³-hybridized carbons (Fsp3) is 0.500. The van der Waals surface area contributed by atoms with Crippen molar-refractivity contribution in [2.24, 2.45) is 5.41 Å². The van der Waals surface area contributed by atoms with Gasteiger partial charge in [0.05, 0.1) is 5.41 Å². The number of carbonyl (C=O) groups excluding carboxylic acids is 1. The minimum atomic E-state index is -0.876. The number of rotatable bonds is 6. The molecule has 18 heavy (non-hydrogen) atoms. The van der Waals surface area contributed by atoms with Crippen LogP contribution in [0.2, 0.25) is 0 Å². The van der Waals surface area contributed by atoms with Gasteiger partial charge < -0.3 is 10.4 Å². The Morgan fingerprint density at radius 1 is 1.44 bits per heavy atom. The second kappa shape index (κ2) is 6.33. The van der Waals surface area contributed by atoms with E-state index in [4.69, 9.17) is 0 Å². The summed E-state index contributed by atoms with van der Waals surface area (Å²) in [6.07, 6.45) is 0.982. The van der Waals surface area contributed by atoms with Crippen molar-refractivity contribution in [1.29, 1.82) is 0 Å². The van der Waals surface area contributed by atoms with Crippen LogP contribution >= 0.6 is 27.3 Å². The summed E-state index contributed by atoms with van der Waals surface area (Å²) in [7, 11) is 0. The minimum absolute atomic E-state index is 0.151. The van der Waals surface area contributed by atoms with Gasteiger partial charge in [0, 0.05) is 11.0 Å². The molecule has 0 bridgehead atoms. The van der Waals surface area contributed by atoms with Gasteiger partial charge in [0.1, 0.15) is 4.88 Å². The van der Waals surface area contributed by atoms with Crippen LogP contribution in [-0.4, -0.2) is 23.5 Å². The van der Waals surface area contributed by atoms with E-state index in [1.54, 1.807) is 6.07 Å². The first-order valence-corrected chi connectivity index (χ1v) is 7.38. The molecule has 0 spiro atoms. The lowest BCUT2D eigenvalue weighted by Crippen LogP contribution is -2.42. The van der Waals surface area contributed by atoms with Crippen LogP contribution in [0, 0.1) is 5.41 Å². The molecule has 0 aliphatic rings. The van der Waals surface area contributed by atoms with Gasteiger partial charge in [-0.1, -0.05) is 13.8 Å². The van der Waals surface area contributed by atoms with Crippen LogP contribution in [0.25, 0.3) is 0 Å². The average molecular weight is 334 g/mol. The number of hydrogen-bond donors (Lipinski definition) is 2. The first-order valence-electron chi connectivity index (χ1n) is 5.71. The number of nitrogens with one attached hydrogen (secondary N) is 1. The third-order valence-electron chi connectivity index (χ3n) is 3.22. The summed E-state index contributed by atoms with van der Waals surface area (Å²) in [5.74, 6) is -1.09. The summed E-state index contributed by atoms with van der Waals surface area (Å²) in [5.41, 5.74) is -0.876. The van der Waals surface area contributed by atoms with E-state index in [-0.39, 0.29) is 12.5 Å². The first-order chi connectivity index (χ1) is 8.46. The molecule has 1 amide bonds. The quantitative estimate of drug-likeness (QED) is 0.840. The molecule has 4 nitrogen and oxygen atoms in total. The van der Waals surface area contributed by atoms with Crippen molar-refractivity contribution in [3.63, 3.8) is 0 Å². The zero-order chi connectivity index (χ0) is 13.8. The molecule has 0 saturated heterocycles. The topological polar surface area (TPSA) is 66.4 Å². The predicted molar refractivity (Wildman–Crippen MR) is 75.0 cm³/mol. The summed E-state index contributed by atoms with van der Waals surface area (Å²) in [6, 6.07) is 1.80. The van der Waals surface area contributed by atoms with E-state index in [0.29, 0.717) is 17.7 Å². The molecule has 0 saturated carbocycles. The van der Waals surface area contributed by atoms with E-state index in [1.807, 2.05) is 19.2 Å². The van der Waals surface area contributed by atoms with Crippen molar-refractivity contribution >= 4 is 39.1 Å². The molecule has 2 N–H and O–H groups in total. The van der Waals surface area contributed by atoms with Crippen molar-refractivity contribution in [3.05, 3.63) is 20.8 Å². The number of carbonyl (C=O) groups is 2. The van der Waals surface area contributed by atoms with Crippen molar-refractivity contribution < 1.29 is 14.7 Å². The highest BCUT2D eigenvalue weighted by atomic mass is 79.9. The average Bonchev–Trinajstić information content (AvgIpc) is 2.77. The van der Waals surface area contributed by atoms with Crippen LogP contribution < -0.4 is 5.32 Å². The number of halogens is 1. The molecule has 100 valence electrons. The highest BCUT2D eigenvalue weighted by molar-refractivity contribution is 9.10. The van der Waals surface area contributed by atoms with Crippen LogP contribution in [0.1, 0.15) is 36.4 Å². The second-order valence-electron chi connectivity index (χ2n) is 4.07. The van der Waals surface area contributed by atoms with E-state index in [9.17, 15) is 14.7 Å². The van der Waals surface area contributed by atoms with Crippen LogP contribution in [0.5, 0.6) is 0 Å². The van der Waals surface area contributed by atoms with E-state index in [1.165, 1.54) is 11.3 Å². The third-order valence-corrected chi connectivity index (χ3v) is 5.05. The maximum Gasteiger partial charge on any atom is 0.311 e. The van der Waals surface area contributed by atoms with E-state index < -0.39 is 11.4 Å². The fourth-order valence-electron chi connectivity index (χ4n) is 1.66. The van der Waals surface area contributed by atoms with Gasteiger partial charge in [-0.05, 0) is 40.2 Å². The Morgan fingerprint density at radius 3 is 2.44 bits per heavy atom. The summed E-state index contributed by atoms with van der Waals surface area (Å²) < 4.78 is 0.735.